The minimum atomic E-state index is -0.449. The molecule has 1 saturated carbocycles. The third-order valence-corrected chi connectivity index (χ3v) is 7.34. The molecule has 0 spiro atoms. The predicted octanol–water partition coefficient (Wildman–Crippen LogP) is 3.34. The van der Waals surface area contributed by atoms with Crippen LogP contribution in [0.25, 0.3) is 0 Å². The largest absolute Gasteiger partial charge is 0.390 e. The van der Waals surface area contributed by atoms with Gasteiger partial charge in [0.15, 0.2) is 0 Å². The first-order chi connectivity index (χ1) is 12.9. The summed E-state index contributed by atoms with van der Waals surface area (Å²) in [6.45, 7) is 7.87. The summed E-state index contributed by atoms with van der Waals surface area (Å²) >= 11 is 0. The Hall–Kier alpha value is -1.39. The molecule has 0 unspecified atom stereocenters. The van der Waals surface area contributed by atoms with Gasteiger partial charge in [-0.15, -0.1) is 0 Å². The van der Waals surface area contributed by atoms with Gasteiger partial charge in [0.25, 0.3) is 0 Å². The number of carbonyl (C=O) groups is 1. The molecule has 1 aromatic carbocycles. The lowest BCUT2D eigenvalue weighted by molar-refractivity contribution is -0.119. The molecule has 0 radical (unpaired) electrons. The minimum absolute atomic E-state index is 0.198. The number of ketones is 1. The third kappa shape index (κ3) is 3.79. The van der Waals surface area contributed by atoms with Crippen molar-refractivity contribution >= 4 is 11.5 Å². The monoisotopic (exact) mass is 370 g/mol. The van der Waals surface area contributed by atoms with Gasteiger partial charge in [-0.3, -0.25) is 4.79 Å². The number of hydrogen-bond donors (Lipinski definition) is 2. The summed E-state index contributed by atoms with van der Waals surface area (Å²) in [4.78, 5) is 14.7. The van der Waals surface area contributed by atoms with Crippen LogP contribution in [0.2, 0.25) is 0 Å². The highest BCUT2D eigenvalue weighted by Crippen LogP contribution is 2.50. The molecular formula is C23H34N2O2. The van der Waals surface area contributed by atoms with E-state index in [1.165, 1.54) is 16.8 Å². The lowest BCUT2D eigenvalue weighted by atomic mass is 9.79. The Balaban J connectivity index is 1.41. The molecule has 3 fully saturated rings. The number of benzene rings is 1. The number of aryl methyl sites for hydroxylation is 1. The van der Waals surface area contributed by atoms with Crippen molar-refractivity contribution in [3.63, 3.8) is 0 Å². The number of Topliss-reactive ketones (excluding diaryl/α,β-unsaturated/α-hetero) is 1. The number of anilines is 1. The Morgan fingerprint density at radius 2 is 1.85 bits per heavy atom. The molecule has 2 aliphatic heterocycles. The van der Waals surface area contributed by atoms with E-state index in [1.54, 1.807) is 6.92 Å². The van der Waals surface area contributed by atoms with E-state index in [4.69, 9.17) is 0 Å². The average Bonchev–Trinajstić information content (AvgIpc) is 3.45. The normalized spacial score (nSPS) is 24.6. The molecule has 1 aliphatic carbocycles. The zero-order valence-electron chi connectivity index (χ0n) is 16.9. The maximum atomic E-state index is 12.2. The highest BCUT2D eigenvalue weighted by Gasteiger charge is 2.49. The first-order valence-corrected chi connectivity index (χ1v) is 10.7. The highest BCUT2D eigenvalue weighted by atomic mass is 16.3. The van der Waals surface area contributed by atoms with Crippen LogP contribution in [-0.4, -0.2) is 42.7 Å². The van der Waals surface area contributed by atoms with Crippen molar-refractivity contribution in [2.75, 3.05) is 31.1 Å². The maximum Gasteiger partial charge on any atom is 0.140 e. The van der Waals surface area contributed by atoms with Gasteiger partial charge >= 0.3 is 0 Å². The molecule has 4 nitrogen and oxygen atoms in total. The molecule has 27 heavy (non-hydrogen) atoms. The Morgan fingerprint density at radius 3 is 2.44 bits per heavy atom. The summed E-state index contributed by atoms with van der Waals surface area (Å²) in [5.74, 6) is 0.943. The second-order valence-corrected chi connectivity index (χ2v) is 9.25. The summed E-state index contributed by atoms with van der Waals surface area (Å²) in [6, 6.07) is 6.69. The van der Waals surface area contributed by atoms with Crippen LogP contribution >= 0.6 is 0 Å². The van der Waals surface area contributed by atoms with E-state index in [2.05, 4.69) is 35.3 Å². The highest BCUT2D eigenvalue weighted by molar-refractivity contribution is 5.91. The molecule has 0 bridgehead atoms. The van der Waals surface area contributed by atoms with Crippen LogP contribution < -0.4 is 10.2 Å². The van der Waals surface area contributed by atoms with Crippen LogP contribution in [0.5, 0.6) is 0 Å². The molecule has 0 amide bonds. The zero-order valence-corrected chi connectivity index (χ0v) is 16.9. The fourth-order valence-electron chi connectivity index (χ4n) is 5.29. The van der Waals surface area contributed by atoms with Gasteiger partial charge in [0.1, 0.15) is 5.78 Å². The Bertz CT molecular complexity index is 696. The lowest BCUT2D eigenvalue weighted by Crippen LogP contribution is -2.44. The topological polar surface area (TPSA) is 52.6 Å². The molecule has 2 heterocycles. The molecule has 1 aromatic rings. The molecule has 3 aliphatic rings. The first kappa shape index (κ1) is 18.9. The third-order valence-electron chi connectivity index (χ3n) is 7.34. The van der Waals surface area contributed by atoms with Crippen molar-refractivity contribution in [1.29, 1.82) is 0 Å². The summed E-state index contributed by atoms with van der Waals surface area (Å²) in [6.07, 6.45) is 7.04. The molecule has 0 aromatic heterocycles. The molecule has 148 valence electrons. The number of nitrogens with zero attached hydrogens (tertiary/aromatic N) is 1. The van der Waals surface area contributed by atoms with Crippen LogP contribution in [-0.2, 0) is 10.2 Å². The van der Waals surface area contributed by atoms with Crippen molar-refractivity contribution in [3.8, 4) is 0 Å². The van der Waals surface area contributed by atoms with E-state index in [9.17, 15) is 9.90 Å². The quantitative estimate of drug-likeness (QED) is 0.835. The van der Waals surface area contributed by atoms with Gasteiger partial charge in [0.2, 0.25) is 0 Å². The number of rotatable bonds is 5. The second kappa shape index (κ2) is 7.21. The Kier molecular flexibility index (Phi) is 5.06. The summed E-state index contributed by atoms with van der Waals surface area (Å²) in [5, 5.41) is 14.2. The van der Waals surface area contributed by atoms with E-state index >= 15 is 0 Å². The standard InChI is InChI=1S/C23H34N2O2/c1-17-3-4-20(15-21(17)23(7-8-23)18(2)26)25-13-5-19(6-14-25)16-22(27)9-11-24-12-10-22/h3-4,15,19,24,27H,5-14,16H2,1-2H3. The smallest absolute Gasteiger partial charge is 0.140 e. The predicted molar refractivity (Wildman–Crippen MR) is 109 cm³/mol. The van der Waals surface area contributed by atoms with Gasteiger partial charge in [-0.25, -0.2) is 0 Å². The number of piperidine rings is 2. The van der Waals surface area contributed by atoms with Crippen LogP contribution in [0.3, 0.4) is 0 Å². The molecular weight excluding hydrogens is 336 g/mol. The average molecular weight is 371 g/mol. The summed E-state index contributed by atoms with van der Waals surface area (Å²) in [7, 11) is 0. The summed E-state index contributed by atoms with van der Waals surface area (Å²) < 4.78 is 0. The van der Waals surface area contributed by atoms with Gasteiger partial charge in [-0.05, 0) is 101 Å². The molecule has 2 saturated heterocycles. The fourth-order valence-corrected chi connectivity index (χ4v) is 5.29. The van der Waals surface area contributed by atoms with Crippen molar-refractivity contribution in [2.45, 2.75) is 69.8 Å². The van der Waals surface area contributed by atoms with Crippen molar-refractivity contribution < 1.29 is 9.90 Å². The zero-order chi connectivity index (χ0) is 19.1. The van der Waals surface area contributed by atoms with E-state index in [-0.39, 0.29) is 5.41 Å². The van der Waals surface area contributed by atoms with Gasteiger partial charge in [0, 0.05) is 18.8 Å². The lowest BCUT2D eigenvalue weighted by Gasteiger charge is -2.39. The van der Waals surface area contributed by atoms with Gasteiger partial charge in [0.05, 0.1) is 11.0 Å². The van der Waals surface area contributed by atoms with Crippen molar-refractivity contribution in [3.05, 3.63) is 29.3 Å². The summed E-state index contributed by atoms with van der Waals surface area (Å²) in [5.41, 5.74) is 3.11. The first-order valence-electron chi connectivity index (χ1n) is 10.7. The minimum Gasteiger partial charge on any atom is -0.390 e. The van der Waals surface area contributed by atoms with Crippen LogP contribution in [0.15, 0.2) is 18.2 Å². The molecule has 2 N–H and O–H groups in total. The number of carbonyl (C=O) groups excluding carboxylic acids is 1. The van der Waals surface area contributed by atoms with E-state index in [1.807, 2.05) is 0 Å². The van der Waals surface area contributed by atoms with Gasteiger partial charge in [-0.2, -0.15) is 0 Å². The number of nitrogens with one attached hydrogen (secondary N) is 1. The molecule has 4 rings (SSSR count). The van der Waals surface area contributed by atoms with Crippen LogP contribution in [0.4, 0.5) is 5.69 Å². The maximum absolute atomic E-state index is 12.2. The Labute approximate surface area is 163 Å². The van der Waals surface area contributed by atoms with Crippen LogP contribution in [0, 0.1) is 12.8 Å². The van der Waals surface area contributed by atoms with Gasteiger partial charge < -0.3 is 15.3 Å². The number of hydrogen-bond acceptors (Lipinski definition) is 4. The van der Waals surface area contributed by atoms with E-state index < -0.39 is 5.60 Å². The second-order valence-electron chi connectivity index (χ2n) is 9.25. The van der Waals surface area contributed by atoms with Crippen molar-refractivity contribution in [2.24, 2.45) is 5.92 Å². The van der Waals surface area contributed by atoms with Crippen molar-refractivity contribution in [1.82, 2.24) is 5.32 Å². The Morgan fingerprint density at radius 1 is 1.19 bits per heavy atom. The number of aliphatic hydroxyl groups is 1. The fraction of sp³-hybridized carbons (Fsp3) is 0.696. The van der Waals surface area contributed by atoms with E-state index in [0.29, 0.717) is 11.7 Å². The van der Waals surface area contributed by atoms with E-state index in [0.717, 1.165) is 71.1 Å². The SMILES string of the molecule is CC(=O)C1(c2cc(N3CCC(CC4(O)CCNCC4)CC3)ccc2C)CC1. The van der Waals surface area contributed by atoms with Crippen LogP contribution in [0.1, 0.15) is 63.0 Å². The molecule has 0 atom stereocenters. The molecule has 4 heteroatoms. The van der Waals surface area contributed by atoms with Gasteiger partial charge in [-0.1, -0.05) is 6.07 Å².